The number of anilines is 2. The molecule has 1 aromatic heterocycles. The summed E-state index contributed by atoms with van der Waals surface area (Å²) in [6, 6.07) is 8.01. The van der Waals surface area contributed by atoms with Crippen molar-refractivity contribution in [3.05, 3.63) is 42.5 Å². The van der Waals surface area contributed by atoms with E-state index in [9.17, 15) is 0 Å². The van der Waals surface area contributed by atoms with Crippen LogP contribution in [0.15, 0.2) is 36.7 Å². The lowest BCUT2D eigenvalue weighted by molar-refractivity contribution is 0.560. The third-order valence-corrected chi connectivity index (χ3v) is 2.98. The van der Waals surface area contributed by atoms with E-state index in [4.69, 9.17) is 5.73 Å². The van der Waals surface area contributed by atoms with E-state index in [1.165, 1.54) is 5.69 Å². The average Bonchev–Trinajstić information content (AvgIpc) is 2.75. The molecule has 4 heteroatoms. The summed E-state index contributed by atoms with van der Waals surface area (Å²) >= 11 is 0. The molecule has 4 nitrogen and oxygen atoms in total. The van der Waals surface area contributed by atoms with Crippen molar-refractivity contribution in [2.45, 2.75) is 13.1 Å². The van der Waals surface area contributed by atoms with Gasteiger partial charge in [0.2, 0.25) is 0 Å². The van der Waals surface area contributed by atoms with Crippen molar-refractivity contribution in [1.82, 2.24) is 9.55 Å². The van der Waals surface area contributed by atoms with Crippen LogP contribution in [-0.4, -0.2) is 16.1 Å². The summed E-state index contributed by atoms with van der Waals surface area (Å²) in [5.74, 6) is 1.12. The molecular formula is C12H14N4. The summed E-state index contributed by atoms with van der Waals surface area (Å²) in [6.07, 6.45) is 3.89. The number of fused-ring (bicyclic) bond motifs is 1. The number of benzene rings is 1. The highest BCUT2D eigenvalue weighted by Gasteiger charge is 2.16. The first-order valence-corrected chi connectivity index (χ1v) is 5.43. The standard InChI is InChI=1S/C12H14N4/c13-10-2-1-3-11(8-10)16-7-6-15-5-4-14-12(15)9-16/h1-5,8H,6-7,9,13H2. The Morgan fingerprint density at radius 2 is 2.19 bits per heavy atom. The molecule has 2 N–H and O–H groups in total. The molecule has 0 radical (unpaired) electrons. The van der Waals surface area contributed by atoms with E-state index in [0.29, 0.717) is 0 Å². The summed E-state index contributed by atoms with van der Waals surface area (Å²) in [6.45, 7) is 2.85. The van der Waals surface area contributed by atoms with E-state index < -0.39 is 0 Å². The van der Waals surface area contributed by atoms with Crippen molar-refractivity contribution >= 4 is 11.4 Å². The zero-order valence-electron chi connectivity index (χ0n) is 9.00. The Hall–Kier alpha value is -1.97. The SMILES string of the molecule is Nc1cccc(N2CCn3ccnc3C2)c1. The van der Waals surface area contributed by atoms with Crippen LogP contribution in [-0.2, 0) is 13.1 Å². The molecule has 0 saturated heterocycles. The predicted octanol–water partition coefficient (Wildman–Crippen LogP) is 1.49. The first-order valence-electron chi connectivity index (χ1n) is 5.43. The van der Waals surface area contributed by atoms with Crippen molar-refractivity contribution in [3.63, 3.8) is 0 Å². The zero-order chi connectivity index (χ0) is 11.0. The number of hydrogen-bond donors (Lipinski definition) is 1. The van der Waals surface area contributed by atoms with E-state index in [2.05, 4.69) is 20.5 Å². The van der Waals surface area contributed by atoms with Crippen LogP contribution in [0.2, 0.25) is 0 Å². The van der Waals surface area contributed by atoms with Gasteiger partial charge in [0.05, 0.1) is 6.54 Å². The molecule has 0 atom stereocenters. The monoisotopic (exact) mass is 214 g/mol. The van der Waals surface area contributed by atoms with Crippen LogP contribution >= 0.6 is 0 Å². The van der Waals surface area contributed by atoms with Crippen molar-refractivity contribution in [2.75, 3.05) is 17.2 Å². The van der Waals surface area contributed by atoms with Crippen molar-refractivity contribution in [1.29, 1.82) is 0 Å². The van der Waals surface area contributed by atoms with Gasteiger partial charge in [0.25, 0.3) is 0 Å². The van der Waals surface area contributed by atoms with E-state index in [1.54, 1.807) is 0 Å². The van der Waals surface area contributed by atoms with Crippen molar-refractivity contribution in [3.8, 4) is 0 Å². The lowest BCUT2D eigenvalue weighted by Gasteiger charge is -2.29. The fourth-order valence-corrected chi connectivity index (χ4v) is 2.12. The van der Waals surface area contributed by atoms with Gasteiger partial charge in [-0.3, -0.25) is 0 Å². The van der Waals surface area contributed by atoms with Crippen LogP contribution in [0.3, 0.4) is 0 Å². The van der Waals surface area contributed by atoms with Crippen LogP contribution in [0.4, 0.5) is 11.4 Å². The van der Waals surface area contributed by atoms with Crippen LogP contribution in [0.1, 0.15) is 5.82 Å². The van der Waals surface area contributed by atoms with Gasteiger partial charge in [0, 0.05) is 36.9 Å². The first-order chi connectivity index (χ1) is 7.83. The second-order valence-corrected chi connectivity index (χ2v) is 4.05. The molecule has 1 aliphatic heterocycles. The summed E-state index contributed by atoms with van der Waals surface area (Å²) in [4.78, 5) is 6.65. The molecule has 16 heavy (non-hydrogen) atoms. The molecule has 2 aromatic rings. The normalized spacial score (nSPS) is 14.9. The van der Waals surface area contributed by atoms with E-state index >= 15 is 0 Å². The van der Waals surface area contributed by atoms with Crippen LogP contribution in [0, 0.1) is 0 Å². The van der Waals surface area contributed by atoms with Crippen molar-refractivity contribution in [2.24, 2.45) is 0 Å². The Kier molecular flexibility index (Phi) is 2.06. The quantitative estimate of drug-likeness (QED) is 0.731. The zero-order valence-corrected chi connectivity index (χ0v) is 9.00. The first kappa shape index (κ1) is 9.27. The van der Waals surface area contributed by atoms with Gasteiger partial charge >= 0.3 is 0 Å². The number of nitrogens with two attached hydrogens (primary N) is 1. The Labute approximate surface area is 94.3 Å². The van der Waals surface area contributed by atoms with Crippen LogP contribution < -0.4 is 10.6 Å². The second kappa shape index (κ2) is 3.56. The van der Waals surface area contributed by atoms with Gasteiger partial charge in [-0.1, -0.05) is 6.07 Å². The molecule has 0 aliphatic carbocycles. The molecular weight excluding hydrogens is 200 g/mol. The molecule has 0 amide bonds. The lowest BCUT2D eigenvalue weighted by atomic mass is 10.2. The minimum Gasteiger partial charge on any atom is -0.399 e. The summed E-state index contributed by atoms with van der Waals surface area (Å²) < 4.78 is 2.20. The van der Waals surface area contributed by atoms with Crippen LogP contribution in [0.25, 0.3) is 0 Å². The smallest absolute Gasteiger partial charge is 0.128 e. The number of aromatic nitrogens is 2. The number of nitrogen functional groups attached to an aromatic ring is 1. The number of nitrogens with zero attached hydrogens (tertiary/aromatic N) is 3. The molecule has 0 spiro atoms. The van der Waals surface area contributed by atoms with Gasteiger partial charge in [0.15, 0.2) is 0 Å². The molecule has 0 unspecified atom stereocenters. The molecule has 0 saturated carbocycles. The summed E-state index contributed by atoms with van der Waals surface area (Å²) in [5.41, 5.74) is 7.78. The Morgan fingerprint density at radius 3 is 3.06 bits per heavy atom. The van der Waals surface area contributed by atoms with Gasteiger partial charge in [-0.25, -0.2) is 4.98 Å². The third-order valence-electron chi connectivity index (χ3n) is 2.98. The van der Waals surface area contributed by atoms with Gasteiger partial charge < -0.3 is 15.2 Å². The Balaban J connectivity index is 1.88. The minimum absolute atomic E-state index is 0.811. The van der Waals surface area contributed by atoms with E-state index in [-0.39, 0.29) is 0 Å². The lowest BCUT2D eigenvalue weighted by Crippen LogP contribution is -2.33. The molecule has 3 rings (SSSR count). The van der Waals surface area contributed by atoms with E-state index in [0.717, 1.165) is 31.1 Å². The number of rotatable bonds is 1. The second-order valence-electron chi connectivity index (χ2n) is 4.05. The minimum atomic E-state index is 0.811. The topological polar surface area (TPSA) is 47.1 Å². The highest BCUT2D eigenvalue weighted by molar-refractivity contribution is 5.56. The number of hydrogen-bond acceptors (Lipinski definition) is 3. The molecule has 0 fully saturated rings. The maximum Gasteiger partial charge on any atom is 0.128 e. The molecule has 0 bridgehead atoms. The third kappa shape index (κ3) is 1.52. The van der Waals surface area contributed by atoms with Crippen LogP contribution in [0.5, 0.6) is 0 Å². The molecule has 1 aromatic carbocycles. The average molecular weight is 214 g/mol. The van der Waals surface area contributed by atoms with Gasteiger partial charge in [-0.05, 0) is 18.2 Å². The maximum absolute atomic E-state index is 5.79. The van der Waals surface area contributed by atoms with Crippen molar-refractivity contribution < 1.29 is 0 Å². The Morgan fingerprint density at radius 1 is 1.25 bits per heavy atom. The highest BCUT2D eigenvalue weighted by atomic mass is 15.2. The molecule has 2 heterocycles. The summed E-state index contributed by atoms with van der Waals surface area (Å²) in [5, 5.41) is 0. The Bertz CT molecular complexity index is 503. The molecule has 82 valence electrons. The van der Waals surface area contributed by atoms with Gasteiger partial charge in [-0.2, -0.15) is 0 Å². The molecule has 1 aliphatic rings. The fourth-order valence-electron chi connectivity index (χ4n) is 2.12. The summed E-state index contributed by atoms with van der Waals surface area (Å²) in [7, 11) is 0. The predicted molar refractivity (Wildman–Crippen MR) is 64.1 cm³/mol. The fraction of sp³-hybridized carbons (Fsp3) is 0.250. The van der Waals surface area contributed by atoms with E-state index in [1.807, 2.05) is 30.6 Å². The largest absolute Gasteiger partial charge is 0.399 e. The maximum atomic E-state index is 5.79. The number of imidazole rings is 1. The highest BCUT2D eigenvalue weighted by Crippen LogP contribution is 2.21. The van der Waals surface area contributed by atoms with Gasteiger partial charge in [0.1, 0.15) is 5.82 Å². The van der Waals surface area contributed by atoms with Gasteiger partial charge in [-0.15, -0.1) is 0 Å².